The highest BCUT2D eigenvalue weighted by atomic mass is 32.1. The maximum absolute atomic E-state index is 11.1. The maximum atomic E-state index is 11.1. The van der Waals surface area contributed by atoms with Crippen LogP contribution in [0.15, 0.2) is 24.5 Å². The van der Waals surface area contributed by atoms with E-state index < -0.39 is 0 Å². The summed E-state index contributed by atoms with van der Waals surface area (Å²) in [4.78, 5) is 15.0. The van der Waals surface area contributed by atoms with E-state index in [-0.39, 0.29) is 5.91 Å². The molecule has 0 bridgehead atoms. The average Bonchev–Trinajstić information content (AvgIpc) is 2.20. The minimum atomic E-state index is 0.0639. The van der Waals surface area contributed by atoms with Crippen LogP contribution in [0.25, 0.3) is 0 Å². The van der Waals surface area contributed by atoms with Crippen LogP contribution >= 0.6 is 12.6 Å². The number of carbonyl (C=O) groups excluding carboxylic acids is 1. The van der Waals surface area contributed by atoms with Crippen LogP contribution in [0.1, 0.15) is 12.0 Å². The van der Waals surface area contributed by atoms with Crippen LogP contribution in [0.2, 0.25) is 0 Å². The van der Waals surface area contributed by atoms with E-state index in [1.807, 2.05) is 12.1 Å². The third kappa shape index (κ3) is 4.28. The fraction of sp³-hybridized carbons (Fsp3) is 0.400. The number of hydrogen-bond acceptors (Lipinski definition) is 3. The molecule has 0 aliphatic rings. The van der Waals surface area contributed by atoms with Crippen molar-refractivity contribution in [2.75, 3.05) is 12.3 Å². The van der Waals surface area contributed by atoms with Crippen molar-refractivity contribution in [2.45, 2.75) is 12.8 Å². The average molecular weight is 210 g/mol. The largest absolute Gasteiger partial charge is 0.356 e. The number of carbonyl (C=O) groups is 1. The monoisotopic (exact) mass is 210 g/mol. The molecular formula is C10H14N2OS. The molecule has 0 aliphatic heterocycles. The van der Waals surface area contributed by atoms with Gasteiger partial charge in [0.1, 0.15) is 0 Å². The Kier molecular flexibility index (Phi) is 5.07. The lowest BCUT2D eigenvalue weighted by atomic mass is 10.2. The van der Waals surface area contributed by atoms with Crippen molar-refractivity contribution >= 4 is 18.5 Å². The van der Waals surface area contributed by atoms with Gasteiger partial charge in [-0.1, -0.05) is 0 Å². The van der Waals surface area contributed by atoms with Gasteiger partial charge < -0.3 is 5.32 Å². The molecule has 0 saturated carbocycles. The number of nitrogens with one attached hydrogen (secondary N) is 1. The SMILES string of the molecule is O=C(CCS)NCCc1ccncc1. The van der Waals surface area contributed by atoms with Gasteiger partial charge in [-0.2, -0.15) is 12.6 Å². The molecule has 4 heteroatoms. The summed E-state index contributed by atoms with van der Waals surface area (Å²) < 4.78 is 0. The summed E-state index contributed by atoms with van der Waals surface area (Å²) in [6.07, 6.45) is 4.84. The maximum Gasteiger partial charge on any atom is 0.220 e. The topological polar surface area (TPSA) is 42.0 Å². The Morgan fingerprint density at radius 1 is 1.43 bits per heavy atom. The van der Waals surface area contributed by atoms with Crippen LogP contribution in [0.5, 0.6) is 0 Å². The minimum Gasteiger partial charge on any atom is -0.356 e. The Morgan fingerprint density at radius 3 is 2.79 bits per heavy atom. The van der Waals surface area contributed by atoms with Crippen LogP contribution in [0, 0.1) is 0 Å². The normalized spacial score (nSPS) is 9.79. The van der Waals surface area contributed by atoms with E-state index in [4.69, 9.17) is 0 Å². The Labute approximate surface area is 89.3 Å². The quantitative estimate of drug-likeness (QED) is 0.714. The number of nitrogens with zero attached hydrogens (tertiary/aromatic N) is 1. The zero-order valence-electron chi connectivity index (χ0n) is 7.94. The molecule has 1 amide bonds. The molecule has 14 heavy (non-hydrogen) atoms. The number of thiol groups is 1. The molecule has 0 fully saturated rings. The fourth-order valence-corrected chi connectivity index (χ4v) is 1.29. The van der Waals surface area contributed by atoms with E-state index in [0.717, 1.165) is 6.42 Å². The first-order valence-electron chi connectivity index (χ1n) is 4.59. The molecule has 0 spiro atoms. The molecule has 3 nitrogen and oxygen atoms in total. The molecule has 76 valence electrons. The highest BCUT2D eigenvalue weighted by Gasteiger charge is 1.98. The van der Waals surface area contributed by atoms with Gasteiger partial charge in [0, 0.05) is 25.4 Å². The van der Waals surface area contributed by atoms with Crippen molar-refractivity contribution in [3.8, 4) is 0 Å². The Balaban J connectivity index is 2.19. The molecule has 1 aromatic heterocycles. The molecule has 0 atom stereocenters. The molecule has 0 aromatic carbocycles. The van der Waals surface area contributed by atoms with Crippen molar-refractivity contribution < 1.29 is 4.79 Å². The van der Waals surface area contributed by atoms with Gasteiger partial charge in [-0.25, -0.2) is 0 Å². The summed E-state index contributed by atoms with van der Waals surface area (Å²) in [5, 5.41) is 2.82. The fourth-order valence-electron chi connectivity index (χ4n) is 1.09. The first-order valence-corrected chi connectivity index (χ1v) is 5.22. The van der Waals surface area contributed by atoms with Crippen molar-refractivity contribution in [2.24, 2.45) is 0 Å². The third-order valence-electron chi connectivity index (χ3n) is 1.82. The van der Waals surface area contributed by atoms with Gasteiger partial charge in [-0.3, -0.25) is 9.78 Å². The van der Waals surface area contributed by atoms with Gasteiger partial charge in [0.2, 0.25) is 5.91 Å². The van der Waals surface area contributed by atoms with Gasteiger partial charge >= 0.3 is 0 Å². The van der Waals surface area contributed by atoms with Crippen LogP contribution in [0.4, 0.5) is 0 Å². The van der Waals surface area contributed by atoms with Crippen molar-refractivity contribution in [1.29, 1.82) is 0 Å². The highest BCUT2D eigenvalue weighted by molar-refractivity contribution is 7.80. The first-order chi connectivity index (χ1) is 6.83. The molecule has 1 N–H and O–H groups in total. The lowest BCUT2D eigenvalue weighted by molar-refractivity contribution is -0.120. The molecular weight excluding hydrogens is 196 g/mol. The van der Waals surface area contributed by atoms with Crippen LogP contribution in [-0.4, -0.2) is 23.2 Å². The summed E-state index contributed by atoms with van der Waals surface area (Å²) in [6.45, 7) is 0.677. The molecule has 1 aromatic rings. The van der Waals surface area contributed by atoms with E-state index >= 15 is 0 Å². The molecule has 1 rings (SSSR count). The summed E-state index contributed by atoms with van der Waals surface area (Å²) in [7, 11) is 0. The zero-order chi connectivity index (χ0) is 10.2. The zero-order valence-corrected chi connectivity index (χ0v) is 8.83. The lowest BCUT2D eigenvalue weighted by Gasteiger charge is -2.03. The van der Waals surface area contributed by atoms with Gasteiger partial charge in [-0.05, 0) is 29.9 Å². The van der Waals surface area contributed by atoms with Crippen LogP contribution in [-0.2, 0) is 11.2 Å². The summed E-state index contributed by atoms with van der Waals surface area (Å²) in [5.74, 6) is 0.662. The second-order valence-corrected chi connectivity index (χ2v) is 3.38. The van der Waals surface area contributed by atoms with Gasteiger partial charge in [0.05, 0.1) is 0 Å². The number of aromatic nitrogens is 1. The second kappa shape index (κ2) is 6.43. The first kappa shape index (κ1) is 11.0. The van der Waals surface area contributed by atoms with Gasteiger partial charge in [-0.15, -0.1) is 0 Å². The van der Waals surface area contributed by atoms with Crippen molar-refractivity contribution in [1.82, 2.24) is 10.3 Å². The predicted molar refractivity (Wildman–Crippen MR) is 59.4 cm³/mol. The minimum absolute atomic E-state index is 0.0639. The molecule has 0 aliphatic carbocycles. The van der Waals surface area contributed by atoms with Gasteiger partial charge in [0.15, 0.2) is 0 Å². The molecule has 0 saturated heterocycles. The lowest BCUT2D eigenvalue weighted by Crippen LogP contribution is -2.25. The molecule has 1 heterocycles. The van der Waals surface area contributed by atoms with E-state index in [0.29, 0.717) is 18.7 Å². The smallest absolute Gasteiger partial charge is 0.220 e. The second-order valence-electron chi connectivity index (χ2n) is 2.93. The Bertz CT molecular complexity index is 277. The third-order valence-corrected chi connectivity index (χ3v) is 2.05. The number of amides is 1. The summed E-state index contributed by atoms with van der Waals surface area (Å²) in [6, 6.07) is 3.90. The van der Waals surface area contributed by atoms with Crippen molar-refractivity contribution in [3.05, 3.63) is 30.1 Å². The number of rotatable bonds is 5. The van der Waals surface area contributed by atoms with Crippen LogP contribution < -0.4 is 5.32 Å². The summed E-state index contributed by atoms with van der Waals surface area (Å²) in [5.41, 5.74) is 1.19. The van der Waals surface area contributed by atoms with Crippen molar-refractivity contribution in [3.63, 3.8) is 0 Å². The Morgan fingerprint density at radius 2 is 2.14 bits per heavy atom. The standard InChI is InChI=1S/C10H14N2OS/c13-10(4-8-14)12-7-3-9-1-5-11-6-2-9/h1-2,5-6,14H,3-4,7-8H2,(H,12,13). The van der Waals surface area contributed by atoms with E-state index in [1.54, 1.807) is 12.4 Å². The summed E-state index contributed by atoms with van der Waals surface area (Å²) >= 11 is 3.98. The van der Waals surface area contributed by atoms with E-state index in [9.17, 15) is 4.79 Å². The predicted octanol–water partition coefficient (Wildman–Crippen LogP) is 1.06. The number of hydrogen-bond donors (Lipinski definition) is 2. The number of pyridine rings is 1. The van der Waals surface area contributed by atoms with Gasteiger partial charge in [0.25, 0.3) is 0 Å². The highest BCUT2D eigenvalue weighted by Crippen LogP contribution is 1.96. The van der Waals surface area contributed by atoms with E-state index in [1.165, 1.54) is 5.56 Å². The Hall–Kier alpha value is -1.03. The van der Waals surface area contributed by atoms with Crippen LogP contribution in [0.3, 0.4) is 0 Å². The van der Waals surface area contributed by atoms with E-state index in [2.05, 4.69) is 22.9 Å². The molecule has 0 radical (unpaired) electrons. The molecule has 0 unspecified atom stereocenters.